The van der Waals surface area contributed by atoms with Crippen molar-refractivity contribution in [2.75, 3.05) is 0 Å². The van der Waals surface area contributed by atoms with Crippen LogP contribution in [0, 0.1) is 17.8 Å². The van der Waals surface area contributed by atoms with Gasteiger partial charge in [-0.25, -0.2) is 8.42 Å². The van der Waals surface area contributed by atoms with E-state index in [9.17, 15) is 13.0 Å². The molecule has 4 bridgehead atoms. The Hall–Kier alpha value is -0.350. The molecular weight excluding hydrogens is 212 g/mol. The molecule has 0 aromatic rings. The second kappa shape index (κ2) is 2.66. The minimum atomic E-state index is -4.14. The fourth-order valence-electron chi connectivity index (χ4n) is 4.11. The van der Waals surface area contributed by atoms with Crippen molar-refractivity contribution in [3.05, 3.63) is 12.2 Å². The van der Waals surface area contributed by atoms with Crippen molar-refractivity contribution < 1.29 is 13.0 Å². The van der Waals surface area contributed by atoms with Crippen LogP contribution in [-0.4, -0.2) is 17.7 Å². The molecular formula is C11H15O3S-. The smallest absolute Gasteiger partial charge is 0.100 e. The van der Waals surface area contributed by atoms with E-state index in [1.165, 1.54) is 5.57 Å². The Morgan fingerprint density at radius 1 is 1.20 bits per heavy atom. The van der Waals surface area contributed by atoms with Crippen molar-refractivity contribution in [2.24, 2.45) is 17.8 Å². The molecule has 0 saturated heterocycles. The molecule has 4 saturated carbocycles. The van der Waals surface area contributed by atoms with Crippen LogP contribution in [0.15, 0.2) is 12.2 Å². The lowest BCUT2D eigenvalue weighted by Crippen LogP contribution is -2.55. The van der Waals surface area contributed by atoms with Gasteiger partial charge in [0.1, 0.15) is 10.1 Å². The van der Waals surface area contributed by atoms with Gasteiger partial charge in [0, 0.05) is 0 Å². The van der Waals surface area contributed by atoms with Crippen LogP contribution >= 0.6 is 0 Å². The minimum Gasteiger partial charge on any atom is -0.748 e. The van der Waals surface area contributed by atoms with E-state index in [0.29, 0.717) is 37.0 Å². The van der Waals surface area contributed by atoms with Crippen LogP contribution in [0.2, 0.25) is 0 Å². The molecule has 0 aliphatic heterocycles. The molecule has 0 aromatic carbocycles. The van der Waals surface area contributed by atoms with Gasteiger partial charge in [-0.3, -0.25) is 0 Å². The predicted octanol–water partition coefficient (Wildman–Crippen LogP) is 1.67. The third-order valence-electron chi connectivity index (χ3n) is 4.71. The van der Waals surface area contributed by atoms with Gasteiger partial charge in [0.2, 0.25) is 0 Å². The number of hydrogen-bond acceptors (Lipinski definition) is 3. The molecule has 4 aliphatic rings. The Labute approximate surface area is 90.3 Å². The number of allylic oxidation sites excluding steroid dienone is 1. The molecule has 0 aromatic heterocycles. The van der Waals surface area contributed by atoms with Crippen molar-refractivity contribution in [2.45, 2.75) is 36.9 Å². The van der Waals surface area contributed by atoms with Crippen LogP contribution in [0.25, 0.3) is 0 Å². The van der Waals surface area contributed by atoms with Gasteiger partial charge in [0.15, 0.2) is 0 Å². The van der Waals surface area contributed by atoms with E-state index in [1.807, 2.05) is 0 Å². The largest absolute Gasteiger partial charge is 0.748 e. The van der Waals surface area contributed by atoms with Gasteiger partial charge in [-0.15, -0.1) is 0 Å². The van der Waals surface area contributed by atoms with Crippen LogP contribution in [0.4, 0.5) is 0 Å². The molecule has 2 atom stereocenters. The summed E-state index contributed by atoms with van der Waals surface area (Å²) in [5.41, 5.74) is 1.21. The lowest BCUT2D eigenvalue weighted by Gasteiger charge is -2.58. The Balaban J connectivity index is 2.06. The summed E-state index contributed by atoms with van der Waals surface area (Å²) < 4.78 is 33.3. The van der Waals surface area contributed by atoms with Gasteiger partial charge in [-0.05, 0) is 49.9 Å². The van der Waals surface area contributed by atoms with Gasteiger partial charge < -0.3 is 4.55 Å². The fourth-order valence-corrected chi connectivity index (χ4v) is 5.36. The van der Waals surface area contributed by atoms with E-state index >= 15 is 0 Å². The van der Waals surface area contributed by atoms with Gasteiger partial charge in [-0.1, -0.05) is 12.2 Å². The third kappa shape index (κ3) is 1.18. The highest BCUT2D eigenvalue weighted by Crippen LogP contribution is 2.59. The fraction of sp³-hybridized carbons (Fsp3) is 0.818. The zero-order chi connectivity index (χ0) is 10.8. The zero-order valence-corrected chi connectivity index (χ0v) is 9.42. The van der Waals surface area contributed by atoms with Crippen LogP contribution in [0.1, 0.15) is 32.1 Å². The minimum absolute atomic E-state index is 0.306. The summed E-state index contributed by atoms with van der Waals surface area (Å²) in [5.74, 6) is 1.07. The highest BCUT2D eigenvalue weighted by molar-refractivity contribution is 7.87. The summed E-state index contributed by atoms with van der Waals surface area (Å²) in [6, 6.07) is 0. The van der Waals surface area contributed by atoms with Crippen molar-refractivity contribution in [1.29, 1.82) is 0 Å². The topological polar surface area (TPSA) is 57.2 Å². The molecule has 0 spiro atoms. The van der Waals surface area contributed by atoms with Gasteiger partial charge in [-0.2, -0.15) is 0 Å². The summed E-state index contributed by atoms with van der Waals surface area (Å²) >= 11 is 0. The highest BCUT2D eigenvalue weighted by Gasteiger charge is 2.55. The molecule has 4 heteroatoms. The molecule has 84 valence electrons. The van der Waals surface area contributed by atoms with E-state index in [2.05, 4.69) is 6.58 Å². The predicted molar refractivity (Wildman–Crippen MR) is 55.1 cm³/mol. The number of hydrogen-bond donors (Lipinski definition) is 0. The van der Waals surface area contributed by atoms with Crippen molar-refractivity contribution >= 4 is 10.1 Å². The van der Waals surface area contributed by atoms with Gasteiger partial charge in [0.05, 0.1) is 4.75 Å². The molecule has 0 N–H and O–H groups in total. The van der Waals surface area contributed by atoms with E-state index in [0.717, 1.165) is 12.8 Å². The quantitative estimate of drug-likeness (QED) is 0.505. The molecule has 15 heavy (non-hydrogen) atoms. The second-order valence-corrected chi connectivity index (χ2v) is 7.33. The summed E-state index contributed by atoms with van der Waals surface area (Å²) in [5, 5.41) is 0. The van der Waals surface area contributed by atoms with Gasteiger partial charge >= 0.3 is 0 Å². The van der Waals surface area contributed by atoms with Crippen molar-refractivity contribution in [3.8, 4) is 0 Å². The van der Waals surface area contributed by atoms with Crippen molar-refractivity contribution in [1.82, 2.24) is 0 Å². The first kappa shape index (κ1) is 9.85. The first-order valence-corrected chi connectivity index (χ1v) is 6.96. The summed E-state index contributed by atoms with van der Waals surface area (Å²) in [4.78, 5) is 0. The molecule has 4 rings (SSSR count). The van der Waals surface area contributed by atoms with Crippen LogP contribution in [0.3, 0.4) is 0 Å². The summed E-state index contributed by atoms with van der Waals surface area (Å²) in [6.45, 7) is 4.07. The molecule has 3 nitrogen and oxygen atoms in total. The van der Waals surface area contributed by atoms with E-state index < -0.39 is 14.9 Å². The van der Waals surface area contributed by atoms with Crippen LogP contribution < -0.4 is 0 Å². The molecule has 0 amide bonds. The highest BCUT2D eigenvalue weighted by atomic mass is 32.2. The average molecular weight is 227 g/mol. The molecule has 4 aliphatic carbocycles. The summed E-state index contributed by atoms with van der Waals surface area (Å²) in [6.07, 6.45) is 3.83. The standard InChI is InChI=1S/C11H16O3S/c1-7-9-2-8-3-10(7)6-11(4-8,5-9)15(12,13)14/h8-10H,1-6H2,(H,12,13,14)/p-1. The molecule has 2 unspecified atom stereocenters. The Kier molecular flexibility index (Phi) is 1.75. The van der Waals surface area contributed by atoms with Crippen molar-refractivity contribution in [3.63, 3.8) is 0 Å². The van der Waals surface area contributed by atoms with E-state index in [1.54, 1.807) is 0 Å². The van der Waals surface area contributed by atoms with E-state index in [4.69, 9.17) is 0 Å². The number of rotatable bonds is 1. The van der Waals surface area contributed by atoms with Crippen LogP contribution in [0.5, 0.6) is 0 Å². The lowest BCUT2D eigenvalue weighted by atomic mass is 9.54. The maximum absolute atomic E-state index is 11.4. The zero-order valence-electron chi connectivity index (χ0n) is 8.61. The Bertz CT molecular complexity index is 405. The van der Waals surface area contributed by atoms with Gasteiger partial charge in [0.25, 0.3) is 0 Å². The normalized spacial score (nSPS) is 48.6. The lowest BCUT2D eigenvalue weighted by molar-refractivity contribution is 0.0804. The SMILES string of the molecule is C=C1C2CC3CC1CC(S(=O)(=O)[O-])(C3)C2. The molecule has 4 fully saturated rings. The monoisotopic (exact) mass is 227 g/mol. The first-order chi connectivity index (χ1) is 6.91. The molecule has 0 heterocycles. The first-order valence-electron chi connectivity index (χ1n) is 5.55. The summed E-state index contributed by atoms with van der Waals surface area (Å²) in [7, 11) is -4.14. The maximum atomic E-state index is 11.4. The Morgan fingerprint density at radius 2 is 1.73 bits per heavy atom. The second-order valence-electron chi connectivity index (χ2n) is 5.56. The molecule has 0 radical (unpaired) electrons. The maximum Gasteiger partial charge on any atom is 0.100 e. The average Bonchev–Trinajstić information content (AvgIpc) is 2.10. The van der Waals surface area contributed by atoms with Crippen LogP contribution in [-0.2, 0) is 10.1 Å². The third-order valence-corrected chi connectivity index (χ3v) is 6.27. The van der Waals surface area contributed by atoms with E-state index in [-0.39, 0.29) is 0 Å². The Morgan fingerprint density at radius 3 is 2.20 bits per heavy atom.